The van der Waals surface area contributed by atoms with Gasteiger partial charge < -0.3 is 10.2 Å². The molecule has 0 amide bonds. The van der Waals surface area contributed by atoms with E-state index in [1.807, 2.05) is 0 Å². The Balaban J connectivity index is 0. The lowest BCUT2D eigenvalue weighted by Crippen LogP contribution is -2.70. The molecule has 0 aromatic carbocycles. The molecule has 0 rings (SSSR count). The van der Waals surface area contributed by atoms with Gasteiger partial charge in [0.25, 0.3) is 0 Å². The molecule has 0 aliphatic heterocycles. The molecule has 0 radical (unpaired) electrons. The number of carboxylic acids is 2. The first-order valence-electron chi connectivity index (χ1n) is 22.8. The van der Waals surface area contributed by atoms with Crippen LogP contribution in [0.2, 0.25) is 0 Å². The van der Waals surface area contributed by atoms with Crippen molar-refractivity contribution >= 4 is 33.9 Å². The van der Waals surface area contributed by atoms with Crippen LogP contribution in [0.15, 0.2) is 24.3 Å². The van der Waals surface area contributed by atoms with Crippen molar-refractivity contribution in [2.24, 2.45) is 0 Å². The summed E-state index contributed by atoms with van der Waals surface area (Å²) >= 11 is 0. The van der Waals surface area contributed by atoms with Crippen molar-refractivity contribution in [3.05, 3.63) is 24.3 Å². The Hall–Kier alpha value is -2.45. The van der Waals surface area contributed by atoms with Crippen LogP contribution in [0.5, 0.6) is 0 Å². The number of Topliss-reactive ketones (excluding diaryl/α,β-unsaturated/α-hetero) is 2. The van der Waals surface area contributed by atoms with E-state index in [0.717, 1.165) is 91.3 Å². The summed E-state index contributed by atoms with van der Waals surface area (Å²) in [5, 5.41) is 21.3. The highest BCUT2D eigenvalue weighted by Gasteiger charge is 2.60. The second-order valence-corrected chi connectivity index (χ2v) is 17.2. The highest BCUT2D eigenvalue weighted by molar-refractivity contribution is 7.81. The van der Waals surface area contributed by atoms with E-state index in [0.29, 0.717) is 17.9 Å². The first kappa shape index (κ1) is 58.6. The predicted octanol–water partition coefficient (Wildman–Crippen LogP) is 11.7. The van der Waals surface area contributed by atoms with Crippen molar-refractivity contribution in [3.63, 3.8) is 0 Å². The van der Waals surface area contributed by atoms with Gasteiger partial charge in [-0.3, -0.25) is 22.8 Å². The molecule has 0 fully saturated rings. The fourth-order valence-electron chi connectivity index (χ4n) is 6.74. The number of carboxylic acid groups (broad SMARTS) is 2. The predicted molar refractivity (Wildman–Crippen MR) is 237 cm³/mol. The maximum Gasteiger partial charge on any atom is 0.399 e. The second-order valence-electron chi connectivity index (χ2n) is 15.7. The molecule has 59 heavy (non-hydrogen) atoms. The molecule has 0 saturated heterocycles. The topological polar surface area (TPSA) is 174 Å². The summed E-state index contributed by atoms with van der Waals surface area (Å²) in [6.45, 7) is 8.30. The van der Waals surface area contributed by atoms with Crippen LogP contribution in [-0.4, -0.2) is 79.1 Å². The van der Waals surface area contributed by atoms with Crippen LogP contribution in [0.3, 0.4) is 0 Å². The van der Waals surface area contributed by atoms with E-state index in [1.165, 1.54) is 90.9 Å². The summed E-state index contributed by atoms with van der Waals surface area (Å²) < 4.78 is 27.5. The molecule has 0 aromatic heterocycles. The molecule has 346 valence electrons. The zero-order chi connectivity index (χ0) is 44.8. The summed E-state index contributed by atoms with van der Waals surface area (Å²) in [5.41, 5.74) is -4.66. The zero-order valence-electron chi connectivity index (χ0n) is 38.2. The van der Waals surface area contributed by atoms with Gasteiger partial charge in [-0.05, 0) is 85.0 Å². The molecule has 0 aromatic rings. The number of nitrogens with zero attached hydrogens (tertiary/aromatic N) is 1. The van der Waals surface area contributed by atoms with Crippen molar-refractivity contribution < 1.29 is 51.0 Å². The van der Waals surface area contributed by atoms with E-state index in [9.17, 15) is 37.8 Å². The third-order valence-electron chi connectivity index (χ3n) is 10.7. The molecular weight excluding hydrogens is 775 g/mol. The van der Waals surface area contributed by atoms with Gasteiger partial charge in [0.15, 0.2) is 22.6 Å². The Labute approximate surface area is 359 Å². The minimum Gasteiger partial charge on any atom is -0.479 e. The van der Waals surface area contributed by atoms with Crippen LogP contribution in [0, 0.1) is 0 Å². The summed E-state index contributed by atoms with van der Waals surface area (Å²) in [6.07, 6.45) is 37.6. The Morgan fingerprint density at radius 2 is 0.763 bits per heavy atom. The van der Waals surface area contributed by atoms with Gasteiger partial charge in [0.1, 0.15) is 0 Å². The van der Waals surface area contributed by atoms with Crippen LogP contribution < -0.4 is 0 Å². The van der Waals surface area contributed by atoms with Crippen LogP contribution in [-0.2, 0) is 42.8 Å². The lowest BCUT2D eigenvalue weighted by Gasteiger charge is -2.43. The van der Waals surface area contributed by atoms with Crippen LogP contribution in [0.1, 0.15) is 214 Å². The van der Waals surface area contributed by atoms with E-state index in [2.05, 4.69) is 46.5 Å². The summed E-state index contributed by atoms with van der Waals surface area (Å²) in [5.74, 6) is -4.38. The van der Waals surface area contributed by atoms with Gasteiger partial charge in [0.2, 0.25) is 0 Å². The molecule has 2 N–H and O–H groups in total. The second kappa shape index (κ2) is 37.3. The van der Waals surface area contributed by atoms with E-state index in [4.69, 9.17) is 4.84 Å². The SMILES string of the molecule is CCCCCCCCC=CCCCCCCCC(=O)C(C)(C(=O)O)N(OCC)C(C)(C(=O)O)C(=O)CCCCCCC/C=C\CCCCCCCC.COS(=O)(=O)OC. The summed E-state index contributed by atoms with van der Waals surface area (Å²) in [6, 6.07) is 0. The largest absolute Gasteiger partial charge is 0.479 e. The fraction of sp³-hybridized carbons (Fsp3) is 0.826. The molecule has 2 unspecified atom stereocenters. The fourth-order valence-corrected chi connectivity index (χ4v) is 6.88. The number of carbonyl (C=O) groups excluding carboxylic acids is 2. The molecule has 12 nitrogen and oxygen atoms in total. The number of carbonyl (C=O) groups is 4. The molecule has 0 aliphatic rings. The van der Waals surface area contributed by atoms with E-state index in [-0.39, 0.29) is 19.4 Å². The van der Waals surface area contributed by atoms with E-state index >= 15 is 0 Å². The average molecular weight is 860 g/mol. The third kappa shape index (κ3) is 27.2. The molecule has 0 spiro atoms. The van der Waals surface area contributed by atoms with E-state index in [1.54, 1.807) is 6.92 Å². The maximum absolute atomic E-state index is 13.5. The van der Waals surface area contributed by atoms with Crippen molar-refractivity contribution in [2.75, 3.05) is 20.8 Å². The first-order valence-corrected chi connectivity index (χ1v) is 24.1. The normalized spacial score (nSPS) is 14.0. The third-order valence-corrected chi connectivity index (χ3v) is 11.5. The Morgan fingerprint density at radius 1 is 0.492 bits per heavy atom. The van der Waals surface area contributed by atoms with Gasteiger partial charge in [0, 0.05) is 12.8 Å². The van der Waals surface area contributed by atoms with Crippen molar-refractivity contribution in [2.45, 2.75) is 225 Å². The number of allylic oxidation sites excluding steroid dienone is 4. The van der Waals surface area contributed by atoms with Crippen LogP contribution in [0.25, 0.3) is 0 Å². The Kier molecular flexibility index (Phi) is 37.1. The van der Waals surface area contributed by atoms with Gasteiger partial charge in [-0.1, -0.05) is 141 Å². The van der Waals surface area contributed by atoms with Gasteiger partial charge in [0.05, 0.1) is 20.8 Å². The number of hydrogen-bond donors (Lipinski definition) is 2. The monoisotopic (exact) mass is 860 g/mol. The lowest BCUT2D eigenvalue weighted by molar-refractivity contribution is -0.258. The zero-order valence-corrected chi connectivity index (χ0v) is 39.1. The van der Waals surface area contributed by atoms with Gasteiger partial charge in [-0.2, -0.15) is 8.42 Å². The minimum atomic E-state index is -3.66. The maximum atomic E-state index is 13.5. The highest BCUT2D eigenvalue weighted by atomic mass is 32.3. The Bertz CT molecular complexity index is 1180. The van der Waals surface area contributed by atoms with Gasteiger partial charge in [-0.15, -0.1) is 5.06 Å². The quantitative estimate of drug-likeness (QED) is 0.0259. The minimum absolute atomic E-state index is 0.0390. The van der Waals surface area contributed by atoms with Gasteiger partial charge in [-0.25, -0.2) is 9.59 Å². The number of hydroxylamine groups is 2. The van der Waals surface area contributed by atoms with Crippen LogP contribution in [0.4, 0.5) is 0 Å². The molecule has 0 saturated carbocycles. The van der Waals surface area contributed by atoms with Crippen LogP contribution >= 0.6 is 0 Å². The number of aliphatic carboxylic acids is 2. The highest BCUT2D eigenvalue weighted by Crippen LogP contribution is 2.32. The van der Waals surface area contributed by atoms with Gasteiger partial charge >= 0.3 is 22.3 Å². The van der Waals surface area contributed by atoms with Crippen molar-refractivity contribution in [1.82, 2.24) is 5.06 Å². The summed E-state index contributed by atoms with van der Waals surface area (Å²) in [4.78, 5) is 58.0. The molecule has 0 heterocycles. The Morgan fingerprint density at radius 3 is 1.00 bits per heavy atom. The molecule has 13 heteroatoms. The van der Waals surface area contributed by atoms with Crippen molar-refractivity contribution in [1.29, 1.82) is 0 Å². The first-order chi connectivity index (χ1) is 28.2. The van der Waals surface area contributed by atoms with E-state index < -0.39 is 45.0 Å². The smallest absolute Gasteiger partial charge is 0.399 e. The van der Waals surface area contributed by atoms with Crippen molar-refractivity contribution in [3.8, 4) is 0 Å². The molecule has 0 bridgehead atoms. The molecule has 2 atom stereocenters. The summed E-state index contributed by atoms with van der Waals surface area (Å²) in [7, 11) is -1.60. The lowest BCUT2D eigenvalue weighted by atomic mass is 9.84. The number of ketones is 2. The molecule has 0 aliphatic carbocycles. The number of hydrogen-bond acceptors (Lipinski definition) is 10. The number of rotatable bonds is 40. The molecular formula is C46H85NO11S. The number of unbranched alkanes of at least 4 members (excludes halogenated alkanes) is 22. The average Bonchev–Trinajstić information content (AvgIpc) is 3.22. The standard InChI is InChI=1S/C44H79NO7.C2H6O4S/c1-6-9-11-13-15-17-19-21-23-25-27-29-31-33-35-37-39(46)43(4,41(48)49)45(52-8-3)44(5,42(50)51)40(47)38-36-34-32-30-28-26-24-22-20-18-16-14-12-10-7-2;1-5-7(3,4)6-2/h21-24H,6-20,25-38H2,1-5H3,(H,48,49)(H,50,51);1-2H3/b23-21-,24-22?;.